The number of fused-ring (bicyclic) bond motifs is 1. The Bertz CT molecular complexity index is 928. The van der Waals surface area contributed by atoms with Crippen molar-refractivity contribution in [3.63, 3.8) is 0 Å². The van der Waals surface area contributed by atoms with Crippen LogP contribution in [0.15, 0.2) is 36.5 Å². The van der Waals surface area contributed by atoms with Crippen molar-refractivity contribution in [2.24, 2.45) is 0 Å². The number of rotatable bonds is 6. The first-order valence-electron chi connectivity index (χ1n) is 9.76. The fourth-order valence-corrected chi connectivity index (χ4v) is 3.66. The quantitative estimate of drug-likeness (QED) is 0.746. The van der Waals surface area contributed by atoms with Crippen LogP contribution in [0.2, 0.25) is 0 Å². The molecule has 0 radical (unpaired) electrons. The van der Waals surface area contributed by atoms with Gasteiger partial charge >= 0.3 is 6.18 Å². The molecule has 166 valence electrons. The summed E-state index contributed by atoms with van der Waals surface area (Å²) in [7, 11) is 0. The molecule has 1 aromatic carbocycles. The van der Waals surface area contributed by atoms with Crippen molar-refractivity contribution >= 4 is 5.91 Å². The second kappa shape index (κ2) is 8.62. The van der Waals surface area contributed by atoms with Gasteiger partial charge < -0.3 is 24.3 Å². The first-order valence-corrected chi connectivity index (χ1v) is 9.76. The molecule has 0 unspecified atom stereocenters. The number of ether oxygens (including phenoxy) is 4. The molecule has 1 saturated heterocycles. The van der Waals surface area contributed by atoms with Crippen LogP contribution in [0.25, 0.3) is 0 Å². The lowest BCUT2D eigenvalue weighted by Gasteiger charge is -2.38. The van der Waals surface area contributed by atoms with E-state index < -0.39 is 12.8 Å². The maximum absolute atomic E-state index is 12.6. The number of halogens is 3. The van der Waals surface area contributed by atoms with E-state index in [-0.39, 0.29) is 29.6 Å². The number of amides is 1. The predicted molar refractivity (Wildman–Crippen MR) is 102 cm³/mol. The van der Waals surface area contributed by atoms with Crippen LogP contribution in [0.1, 0.15) is 28.8 Å². The Balaban J connectivity index is 1.43. The molecular weight excluding hydrogens is 417 g/mol. The molecule has 10 heteroatoms. The SMILES string of the molecule is O=C(NCC1(c2ccc3c(c2)OCO3)CCOCC1)c1ccc(OCC(F)(F)F)nc1. The van der Waals surface area contributed by atoms with Crippen molar-refractivity contribution in [1.82, 2.24) is 10.3 Å². The summed E-state index contributed by atoms with van der Waals surface area (Å²) in [4.78, 5) is 16.4. The standard InChI is InChI=1S/C21H21F3N2O5/c22-21(23,24)12-29-18-4-1-14(10-25-18)19(27)26-11-20(5-7-28-8-6-20)15-2-3-16-17(9-15)31-13-30-16/h1-4,9-10H,5-8,11-13H2,(H,26,27). The highest BCUT2D eigenvalue weighted by Gasteiger charge is 2.36. The van der Waals surface area contributed by atoms with Crippen molar-refractivity contribution in [1.29, 1.82) is 0 Å². The van der Waals surface area contributed by atoms with Crippen molar-refractivity contribution in [3.05, 3.63) is 47.7 Å². The molecule has 0 aliphatic carbocycles. The van der Waals surface area contributed by atoms with Gasteiger partial charge in [0.25, 0.3) is 5.91 Å². The summed E-state index contributed by atoms with van der Waals surface area (Å²) in [6, 6.07) is 8.39. The number of alkyl halides is 3. The lowest BCUT2D eigenvalue weighted by molar-refractivity contribution is -0.154. The molecule has 0 spiro atoms. The van der Waals surface area contributed by atoms with Crippen molar-refractivity contribution in [2.45, 2.75) is 24.4 Å². The summed E-state index contributed by atoms with van der Waals surface area (Å²) >= 11 is 0. The summed E-state index contributed by atoms with van der Waals surface area (Å²) in [5.74, 6) is 0.791. The van der Waals surface area contributed by atoms with Gasteiger partial charge in [-0.3, -0.25) is 4.79 Å². The lowest BCUT2D eigenvalue weighted by atomic mass is 9.74. The molecule has 1 aromatic heterocycles. The minimum absolute atomic E-state index is 0.182. The molecule has 2 aliphatic heterocycles. The Morgan fingerprint density at radius 3 is 2.61 bits per heavy atom. The minimum Gasteiger partial charge on any atom is -0.468 e. The molecule has 31 heavy (non-hydrogen) atoms. The largest absolute Gasteiger partial charge is 0.468 e. The summed E-state index contributed by atoms with van der Waals surface area (Å²) in [6.45, 7) is 0.238. The summed E-state index contributed by atoms with van der Waals surface area (Å²) in [5.41, 5.74) is 0.916. The normalized spacial score (nSPS) is 17.3. The second-order valence-electron chi connectivity index (χ2n) is 7.43. The smallest absolute Gasteiger partial charge is 0.422 e. The first-order chi connectivity index (χ1) is 14.8. The summed E-state index contributed by atoms with van der Waals surface area (Å²) < 4.78 is 57.7. The minimum atomic E-state index is -4.45. The predicted octanol–water partition coefficient (Wildman–Crippen LogP) is 3.23. The molecular formula is C21H21F3N2O5. The third-order valence-corrected chi connectivity index (χ3v) is 5.40. The van der Waals surface area contributed by atoms with Crippen LogP contribution in [0, 0.1) is 0 Å². The van der Waals surface area contributed by atoms with E-state index in [0.29, 0.717) is 31.3 Å². The topological polar surface area (TPSA) is 78.9 Å². The Hall–Kier alpha value is -3.01. The molecule has 2 aromatic rings. The van der Waals surface area contributed by atoms with E-state index in [9.17, 15) is 18.0 Å². The maximum atomic E-state index is 12.6. The van der Waals surface area contributed by atoms with E-state index in [4.69, 9.17) is 14.2 Å². The van der Waals surface area contributed by atoms with E-state index in [1.807, 2.05) is 18.2 Å². The van der Waals surface area contributed by atoms with Crippen LogP contribution in [-0.4, -0.2) is 50.2 Å². The highest BCUT2D eigenvalue weighted by Crippen LogP contribution is 2.40. The first kappa shape index (κ1) is 21.2. The van der Waals surface area contributed by atoms with Gasteiger partial charge in [-0.15, -0.1) is 0 Å². The van der Waals surface area contributed by atoms with Gasteiger partial charge in [0.15, 0.2) is 18.1 Å². The lowest BCUT2D eigenvalue weighted by Crippen LogP contribution is -2.44. The zero-order valence-electron chi connectivity index (χ0n) is 16.5. The molecule has 1 N–H and O–H groups in total. The van der Waals surface area contributed by atoms with Crippen LogP contribution in [0.3, 0.4) is 0 Å². The van der Waals surface area contributed by atoms with E-state index in [1.54, 1.807) is 0 Å². The van der Waals surface area contributed by atoms with Crippen LogP contribution < -0.4 is 19.5 Å². The third-order valence-electron chi connectivity index (χ3n) is 5.40. The number of nitrogens with zero attached hydrogens (tertiary/aromatic N) is 1. The number of aromatic nitrogens is 1. The van der Waals surface area contributed by atoms with Gasteiger partial charge in [-0.1, -0.05) is 6.07 Å². The summed E-state index contributed by atoms with van der Waals surface area (Å²) in [6.07, 6.45) is -1.83. The average Bonchev–Trinajstić information content (AvgIpc) is 3.24. The highest BCUT2D eigenvalue weighted by atomic mass is 19.4. The summed E-state index contributed by atoms with van der Waals surface area (Å²) in [5, 5.41) is 2.92. The zero-order chi connectivity index (χ0) is 21.9. The number of carbonyl (C=O) groups is 1. The van der Waals surface area contributed by atoms with E-state index in [0.717, 1.165) is 18.4 Å². The fraction of sp³-hybridized carbons (Fsp3) is 0.429. The Kier molecular flexibility index (Phi) is 5.90. The number of hydrogen-bond acceptors (Lipinski definition) is 6. The van der Waals surface area contributed by atoms with Gasteiger partial charge in [0.2, 0.25) is 12.7 Å². The van der Waals surface area contributed by atoms with E-state index >= 15 is 0 Å². The number of nitrogens with one attached hydrogen (secondary N) is 1. The Morgan fingerprint density at radius 2 is 1.90 bits per heavy atom. The zero-order valence-corrected chi connectivity index (χ0v) is 16.5. The van der Waals surface area contributed by atoms with Crippen LogP contribution in [0.5, 0.6) is 17.4 Å². The molecule has 1 fully saturated rings. The van der Waals surface area contributed by atoms with Gasteiger partial charge in [0.05, 0.1) is 5.56 Å². The monoisotopic (exact) mass is 438 g/mol. The molecule has 4 rings (SSSR count). The molecule has 0 atom stereocenters. The number of benzene rings is 1. The molecule has 0 bridgehead atoms. The van der Waals surface area contributed by atoms with Crippen LogP contribution in [0.4, 0.5) is 13.2 Å². The van der Waals surface area contributed by atoms with Crippen LogP contribution in [-0.2, 0) is 10.2 Å². The van der Waals surface area contributed by atoms with E-state index in [2.05, 4.69) is 15.0 Å². The third kappa shape index (κ3) is 5.01. The number of pyridine rings is 1. The van der Waals surface area contributed by atoms with Crippen molar-refractivity contribution in [3.8, 4) is 17.4 Å². The van der Waals surface area contributed by atoms with Crippen LogP contribution >= 0.6 is 0 Å². The molecule has 3 heterocycles. The molecule has 7 nitrogen and oxygen atoms in total. The van der Waals surface area contributed by atoms with Gasteiger partial charge in [0, 0.05) is 37.4 Å². The molecule has 1 amide bonds. The van der Waals surface area contributed by atoms with Gasteiger partial charge in [-0.05, 0) is 36.6 Å². The van der Waals surface area contributed by atoms with Crippen molar-refractivity contribution < 1.29 is 36.9 Å². The van der Waals surface area contributed by atoms with Crippen molar-refractivity contribution in [2.75, 3.05) is 33.2 Å². The molecule has 0 saturated carbocycles. The second-order valence-corrected chi connectivity index (χ2v) is 7.43. The number of carbonyl (C=O) groups excluding carboxylic acids is 1. The number of hydrogen-bond donors (Lipinski definition) is 1. The van der Waals surface area contributed by atoms with Gasteiger partial charge in [-0.25, -0.2) is 4.98 Å². The maximum Gasteiger partial charge on any atom is 0.422 e. The van der Waals surface area contributed by atoms with E-state index in [1.165, 1.54) is 18.3 Å². The Labute approximate surface area is 176 Å². The average molecular weight is 438 g/mol. The Morgan fingerprint density at radius 1 is 1.13 bits per heavy atom. The van der Waals surface area contributed by atoms with Gasteiger partial charge in [-0.2, -0.15) is 13.2 Å². The fourth-order valence-electron chi connectivity index (χ4n) is 3.66. The highest BCUT2D eigenvalue weighted by molar-refractivity contribution is 5.94. The van der Waals surface area contributed by atoms with Gasteiger partial charge in [0.1, 0.15) is 0 Å². The molecule has 2 aliphatic rings.